The van der Waals surface area contributed by atoms with Crippen LogP contribution >= 0.6 is 25.3 Å². The van der Waals surface area contributed by atoms with E-state index in [-0.39, 0.29) is 18.0 Å². The number of thiol groups is 2. The van der Waals surface area contributed by atoms with Crippen molar-refractivity contribution in [2.24, 2.45) is 5.73 Å². The van der Waals surface area contributed by atoms with Crippen molar-refractivity contribution in [2.45, 2.75) is 37.8 Å². The lowest BCUT2D eigenvalue weighted by Gasteiger charge is -2.03. The lowest BCUT2D eigenvalue weighted by Crippen LogP contribution is -2.29. The number of carbonyl (C=O) groups is 3. The van der Waals surface area contributed by atoms with E-state index in [0.29, 0.717) is 18.6 Å². The molecule has 0 aromatic rings. The molecule has 0 spiro atoms. The minimum atomic E-state index is -0.934. The van der Waals surface area contributed by atoms with Crippen molar-refractivity contribution in [1.29, 1.82) is 0 Å². The number of carboxylic acids is 1. The summed E-state index contributed by atoms with van der Waals surface area (Å²) in [6.45, 7) is 0. The Morgan fingerprint density at radius 3 is 2.30 bits per heavy atom. The van der Waals surface area contributed by atoms with Crippen molar-refractivity contribution in [3.05, 3.63) is 0 Å². The van der Waals surface area contributed by atoms with Gasteiger partial charge in [-0.2, -0.15) is 25.3 Å². The monoisotopic (exact) mass is 323 g/mol. The highest BCUT2D eigenvalue weighted by Gasteiger charge is 2.28. The molecule has 0 saturated carbocycles. The second kappa shape index (κ2) is 10.8. The Labute approximate surface area is 128 Å². The van der Waals surface area contributed by atoms with E-state index in [0.717, 1.165) is 18.6 Å². The van der Waals surface area contributed by atoms with Gasteiger partial charge < -0.3 is 16.2 Å². The van der Waals surface area contributed by atoms with Gasteiger partial charge in [0, 0.05) is 0 Å². The predicted octanol–water partition coefficient (Wildman–Crippen LogP) is 0.0127. The molecule has 0 radical (unpaired) electrons. The van der Waals surface area contributed by atoms with Gasteiger partial charge in [-0.25, -0.2) is 4.79 Å². The number of imide groups is 1. The number of amides is 3. The van der Waals surface area contributed by atoms with Crippen LogP contribution < -0.4 is 16.4 Å². The maximum absolute atomic E-state index is 10.9. The topological polar surface area (TPSA) is 122 Å². The summed E-state index contributed by atoms with van der Waals surface area (Å²) in [6.07, 6.45) is 2.78. The van der Waals surface area contributed by atoms with E-state index >= 15 is 0 Å². The van der Waals surface area contributed by atoms with Crippen LogP contribution in [-0.2, 0) is 9.59 Å². The minimum absolute atomic E-state index is 0.225. The number of rotatable bonds is 7. The first-order valence-electron chi connectivity index (χ1n) is 6.23. The van der Waals surface area contributed by atoms with Gasteiger partial charge in [0.05, 0.1) is 0 Å². The summed E-state index contributed by atoms with van der Waals surface area (Å²) in [6, 6.07) is -1.44. The number of nitrogens with one attached hydrogen (secondary N) is 2. The zero-order valence-electron chi connectivity index (χ0n) is 11.0. The largest absolute Gasteiger partial charge is 0.480 e. The number of carboxylic acid groups (broad SMARTS) is 1. The van der Waals surface area contributed by atoms with Gasteiger partial charge in [0.2, 0.25) is 0 Å². The Hall–Kier alpha value is -0.930. The standard InChI is InChI=1S/C6H10N2O2S.C5H11NO2S/c9-5-4(2-1-3-11)7-6(10)8-5;6-4(5(7)8)2-1-3-9/h4,11H,1-3H2,(H2,7,8,9,10);4,9H,1-3,6H2,(H,7,8). The first-order chi connectivity index (χ1) is 9.42. The second-order valence-electron chi connectivity index (χ2n) is 4.19. The fourth-order valence-corrected chi connectivity index (χ4v) is 1.76. The first-order valence-corrected chi connectivity index (χ1v) is 7.50. The van der Waals surface area contributed by atoms with Crippen LogP contribution in [0, 0.1) is 0 Å². The molecule has 1 aliphatic rings. The predicted molar refractivity (Wildman–Crippen MR) is 82.2 cm³/mol. The lowest BCUT2D eigenvalue weighted by molar-refractivity contribution is -0.138. The second-order valence-corrected chi connectivity index (χ2v) is 5.09. The molecule has 0 bridgehead atoms. The van der Waals surface area contributed by atoms with Gasteiger partial charge in [-0.05, 0) is 37.2 Å². The summed E-state index contributed by atoms with van der Waals surface area (Å²) in [5, 5.41) is 12.9. The molecule has 0 aromatic heterocycles. The van der Waals surface area contributed by atoms with Gasteiger partial charge in [0.1, 0.15) is 12.1 Å². The number of carbonyl (C=O) groups excluding carboxylic acids is 2. The Balaban J connectivity index is 0.000000370. The van der Waals surface area contributed by atoms with E-state index in [2.05, 4.69) is 35.9 Å². The molecule has 20 heavy (non-hydrogen) atoms. The maximum atomic E-state index is 10.9. The van der Waals surface area contributed by atoms with Crippen molar-refractivity contribution in [3.63, 3.8) is 0 Å². The van der Waals surface area contributed by atoms with Crippen LogP contribution in [0.2, 0.25) is 0 Å². The number of aliphatic carboxylic acids is 1. The Morgan fingerprint density at radius 1 is 1.30 bits per heavy atom. The van der Waals surface area contributed by atoms with Crippen LogP contribution in [0.15, 0.2) is 0 Å². The Morgan fingerprint density at radius 2 is 1.90 bits per heavy atom. The van der Waals surface area contributed by atoms with E-state index < -0.39 is 12.0 Å². The van der Waals surface area contributed by atoms with E-state index in [9.17, 15) is 14.4 Å². The number of hydrogen-bond acceptors (Lipinski definition) is 6. The van der Waals surface area contributed by atoms with Gasteiger partial charge in [-0.15, -0.1) is 0 Å². The summed E-state index contributed by atoms with van der Waals surface area (Å²) in [4.78, 5) is 31.5. The molecule has 7 nitrogen and oxygen atoms in total. The molecule has 1 aliphatic heterocycles. The number of nitrogens with two attached hydrogens (primary N) is 1. The zero-order valence-corrected chi connectivity index (χ0v) is 12.8. The molecule has 1 saturated heterocycles. The van der Waals surface area contributed by atoms with Crippen LogP contribution in [0.1, 0.15) is 25.7 Å². The van der Waals surface area contributed by atoms with Crippen molar-refractivity contribution >= 4 is 43.2 Å². The summed E-state index contributed by atoms with van der Waals surface area (Å²) in [5.41, 5.74) is 5.17. The highest BCUT2D eigenvalue weighted by molar-refractivity contribution is 7.80. The van der Waals surface area contributed by atoms with Crippen molar-refractivity contribution < 1.29 is 19.5 Å². The highest BCUT2D eigenvalue weighted by atomic mass is 32.1. The average Bonchev–Trinajstić information content (AvgIpc) is 2.72. The SMILES string of the molecule is NC(CCCS)C(=O)O.O=C1NC(=O)C(CCCS)N1. The summed E-state index contributed by atoms with van der Waals surface area (Å²) in [5.74, 6) is 0.272. The van der Waals surface area contributed by atoms with Crippen molar-refractivity contribution in [1.82, 2.24) is 10.6 Å². The van der Waals surface area contributed by atoms with Crippen molar-refractivity contribution in [3.8, 4) is 0 Å². The van der Waals surface area contributed by atoms with Gasteiger partial charge in [-0.3, -0.25) is 14.9 Å². The minimum Gasteiger partial charge on any atom is -0.480 e. The van der Waals surface area contributed by atoms with Crippen LogP contribution in [0.3, 0.4) is 0 Å². The molecule has 3 amide bonds. The third-order valence-electron chi connectivity index (χ3n) is 2.50. The van der Waals surface area contributed by atoms with E-state index in [1.54, 1.807) is 0 Å². The third-order valence-corrected chi connectivity index (χ3v) is 3.13. The number of urea groups is 1. The molecule has 0 aromatic carbocycles. The normalized spacial score (nSPS) is 18.6. The summed E-state index contributed by atoms with van der Waals surface area (Å²) >= 11 is 7.92. The van der Waals surface area contributed by atoms with E-state index in [1.807, 2.05) is 0 Å². The molecule has 116 valence electrons. The fraction of sp³-hybridized carbons (Fsp3) is 0.727. The molecule has 1 fully saturated rings. The molecule has 5 N–H and O–H groups in total. The summed E-state index contributed by atoms with van der Waals surface area (Å²) < 4.78 is 0. The van der Waals surface area contributed by atoms with Crippen LogP contribution in [0.5, 0.6) is 0 Å². The van der Waals surface area contributed by atoms with Gasteiger partial charge in [0.25, 0.3) is 5.91 Å². The van der Waals surface area contributed by atoms with Gasteiger partial charge >= 0.3 is 12.0 Å². The molecule has 1 rings (SSSR count). The third kappa shape index (κ3) is 8.28. The first kappa shape index (κ1) is 19.1. The van der Waals surface area contributed by atoms with Gasteiger partial charge in [-0.1, -0.05) is 0 Å². The fourth-order valence-electron chi connectivity index (χ4n) is 1.39. The molecule has 9 heteroatoms. The highest BCUT2D eigenvalue weighted by Crippen LogP contribution is 2.02. The van der Waals surface area contributed by atoms with Crippen LogP contribution in [0.4, 0.5) is 4.79 Å². The van der Waals surface area contributed by atoms with E-state index in [4.69, 9.17) is 10.8 Å². The van der Waals surface area contributed by atoms with Gasteiger partial charge in [0.15, 0.2) is 0 Å². The quantitative estimate of drug-likeness (QED) is 0.291. The smallest absolute Gasteiger partial charge is 0.322 e. The molecular formula is C11H21N3O4S2. The molecule has 1 heterocycles. The van der Waals surface area contributed by atoms with Crippen LogP contribution in [0.25, 0.3) is 0 Å². The summed E-state index contributed by atoms with van der Waals surface area (Å²) in [7, 11) is 0. The lowest BCUT2D eigenvalue weighted by atomic mass is 10.2. The Kier molecular flexibility index (Phi) is 10.3. The van der Waals surface area contributed by atoms with Crippen LogP contribution in [-0.4, -0.2) is 46.6 Å². The average molecular weight is 323 g/mol. The number of hydrogen-bond donors (Lipinski definition) is 6. The zero-order chi connectivity index (χ0) is 15.5. The maximum Gasteiger partial charge on any atom is 0.322 e. The Bertz CT molecular complexity index is 342. The molecule has 0 aliphatic carbocycles. The van der Waals surface area contributed by atoms with E-state index in [1.165, 1.54) is 0 Å². The molecular weight excluding hydrogens is 302 g/mol. The van der Waals surface area contributed by atoms with Crippen molar-refractivity contribution in [2.75, 3.05) is 11.5 Å². The molecule has 2 atom stereocenters. The molecule has 2 unspecified atom stereocenters.